The van der Waals surface area contributed by atoms with Gasteiger partial charge in [0, 0.05) is 21.7 Å². The molecule has 3 aromatic carbocycles. The Morgan fingerprint density at radius 2 is 1.63 bits per heavy atom. The molecule has 0 aromatic heterocycles. The number of hydrogen-bond donors (Lipinski definition) is 2. The molecule has 3 aromatic rings. The van der Waals surface area contributed by atoms with Crippen molar-refractivity contribution in [1.29, 1.82) is 0 Å². The number of halogens is 1. The summed E-state index contributed by atoms with van der Waals surface area (Å²) in [6, 6.07) is 17.9. The second-order valence-corrected chi connectivity index (χ2v) is 8.24. The van der Waals surface area contributed by atoms with Gasteiger partial charge in [-0.05, 0) is 66.7 Å². The van der Waals surface area contributed by atoms with Crippen molar-refractivity contribution in [3.8, 4) is 17.2 Å². The minimum Gasteiger partial charge on any atom is -0.497 e. The van der Waals surface area contributed by atoms with Crippen LogP contribution in [-0.4, -0.2) is 50.1 Å². The molecule has 2 amide bonds. The van der Waals surface area contributed by atoms with Crippen LogP contribution in [0.15, 0.2) is 66.7 Å². The van der Waals surface area contributed by atoms with E-state index in [9.17, 15) is 9.59 Å². The number of hydrazone groups is 1. The number of ether oxygens (including phenoxy) is 3. The van der Waals surface area contributed by atoms with Crippen molar-refractivity contribution in [1.82, 2.24) is 10.7 Å². The number of carbonyl (C=O) groups is 2. The Morgan fingerprint density at radius 3 is 2.26 bits per heavy atom. The molecule has 1 aliphatic rings. The average molecular weight is 495 g/mol. The van der Waals surface area contributed by atoms with Crippen LogP contribution in [0.4, 0.5) is 0 Å². The number of carbonyl (C=O) groups excluding carboxylic acids is 2. The van der Waals surface area contributed by atoms with E-state index in [1.165, 1.54) is 0 Å². The van der Waals surface area contributed by atoms with Gasteiger partial charge in [-0.2, -0.15) is 0 Å². The molecule has 180 valence electrons. The van der Waals surface area contributed by atoms with Crippen molar-refractivity contribution in [2.75, 3.05) is 21.3 Å². The highest BCUT2D eigenvalue weighted by atomic mass is 35.5. The monoisotopic (exact) mass is 494 g/mol. The van der Waals surface area contributed by atoms with E-state index in [2.05, 4.69) is 10.7 Å². The van der Waals surface area contributed by atoms with Gasteiger partial charge in [0.05, 0.1) is 21.3 Å². The fourth-order valence-corrected chi connectivity index (χ4v) is 4.03. The van der Waals surface area contributed by atoms with Gasteiger partial charge >= 0.3 is 5.91 Å². The van der Waals surface area contributed by atoms with Gasteiger partial charge in [0.2, 0.25) is 12.3 Å². The predicted molar refractivity (Wildman–Crippen MR) is 132 cm³/mol. The van der Waals surface area contributed by atoms with Crippen LogP contribution < -0.4 is 25.0 Å². The van der Waals surface area contributed by atoms with Crippen LogP contribution in [0.1, 0.15) is 27.5 Å². The number of methoxy groups -OCH3 is 3. The molecule has 1 fully saturated rings. The number of rotatable bonds is 7. The van der Waals surface area contributed by atoms with Gasteiger partial charge in [-0.1, -0.05) is 11.6 Å². The van der Waals surface area contributed by atoms with Crippen molar-refractivity contribution < 1.29 is 28.5 Å². The van der Waals surface area contributed by atoms with Crippen LogP contribution in [-0.2, 0) is 4.79 Å². The van der Waals surface area contributed by atoms with E-state index in [-0.39, 0.29) is 11.8 Å². The molecule has 1 aliphatic heterocycles. The lowest BCUT2D eigenvalue weighted by Gasteiger charge is -2.15. The Bertz CT molecular complexity index is 1260. The highest BCUT2D eigenvalue weighted by molar-refractivity contribution is 6.30. The molecule has 0 bridgehead atoms. The van der Waals surface area contributed by atoms with Gasteiger partial charge < -0.3 is 19.5 Å². The molecule has 0 saturated carbocycles. The largest absolute Gasteiger partial charge is 0.497 e. The van der Waals surface area contributed by atoms with Gasteiger partial charge in [-0.3, -0.25) is 9.59 Å². The summed E-state index contributed by atoms with van der Waals surface area (Å²) in [7, 11) is 4.71. The Morgan fingerprint density at radius 1 is 0.943 bits per heavy atom. The average Bonchev–Trinajstić information content (AvgIpc) is 3.18. The van der Waals surface area contributed by atoms with E-state index in [1.54, 1.807) is 68.6 Å². The molecular formula is C26H25ClN3O5+. The standard InChI is InChI=1S/C26H24ClN3O5/c1-33-20-11-7-17(8-12-20)24-23(28-25(31)18-5-9-19(27)10-6-18)26(32)29-30(24)15-16-4-13-21(34-2)22(14-16)35-3/h4-15,23-24H,1-3H3,(H-,28,29,31,32)/p+1/b30-15-/t23-,24+/m1/s1. The summed E-state index contributed by atoms with van der Waals surface area (Å²) in [6.45, 7) is 0. The zero-order valence-electron chi connectivity index (χ0n) is 19.4. The van der Waals surface area contributed by atoms with Crippen LogP contribution in [0.3, 0.4) is 0 Å². The lowest BCUT2D eigenvalue weighted by molar-refractivity contribution is -0.596. The summed E-state index contributed by atoms with van der Waals surface area (Å²) >= 11 is 5.94. The number of nitrogens with zero attached hydrogens (tertiary/aromatic N) is 1. The molecule has 35 heavy (non-hydrogen) atoms. The van der Waals surface area contributed by atoms with Gasteiger partial charge in [-0.15, -0.1) is 10.1 Å². The zero-order valence-corrected chi connectivity index (χ0v) is 20.2. The first kappa shape index (κ1) is 24.1. The molecule has 0 spiro atoms. The number of benzene rings is 3. The molecule has 1 heterocycles. The van der Waals surface area contributed by atoms with Gasteiger partial charge in [0.1, 0.15) is 5.75 Å². The van der Waals surface area contributed by atoms with Gasteiger partial charge in [0.15, 0.2) is 17.5 Å². The summed E-state index contributed by atoms with van der Waals surface area (Å²) in [4.78, 5) is 26.0. The third kappa shape index (κ3) is 5.22. The molecular weight excluding hydrogens is 470 g/mol. The lowest BCUT2D eigenvalue weighted by atomic mass is 9.99. The van der Waals surface area contributed by atoms with E-state index in [0.717, 1.165) is 11.1 Å². The minimum atomic E-state index is -0.858. The predicted octanol–water partition coefficient (Wildman–Crippen LogP) is 3.38. The summed E-state index contributed by atoms with van der Waals surface area (Å²) in [6.07, 6.45) is 1.78. The molecule has 9 heteroatoms. The summed E-state index contributed by atoms with van der Waals surface area (Å²) in [5.74, 6) is 1.11. The fourth-order valence-electron chi connectivity index (χ4n) is 3.90. The third-order valence-electron chi connectivity index (χ3n) is 5.68. The van der Waals surface area contributed by atoms with E-state index in [1.807, 2.05) is 30.3 Å². The summed E-state index contributed by atoms with van der Waals surface area (Å²) in [5.41, 5.74) is 4.84. The molecule has 0 unspecified atom stereocenters. The SMILES string of the molecule is COc1ccc([C@H]2[C@@H](NC(=O)c3ccc(Cl)cc3)C(=O)N/[N+]2=C\c2ccc(OC)c(OC)c2)cc1. The van der Waals surface area contributed by atoms with Crippen LogP contribution in [0, 0.1) is 0 Å². The van der Waals surface area contributed by atoms with Crippen molar-refractivity contribution in [3.05, 3.63) is 88.4 Å². The Balaban J connectivity index is 1.71. The van der Waals surface area contributed by atoms with Crippen LogP contribution >= 0.6 is 11.6 Å². The molecule has 8 nitrogen and oxygen atoms in total. The number of amides is 2. The maximum atomic E-state index is 13.0. The highest BCUT2D eigenvalue weighted by Crippen LogP contribution is 2.29. The second-order valence-electron chi connectivity index (χ2n) is 7.80. The van der Waals surface area contributed by atoms with E-state index >= 15 is 0 Å². The maximum Gasteiger partial charge on any atom is 0.304 e. The number of hydrazine groups is 1. The first-order chi connectivity index (χ1) is 16.9. The Hall–Kier alpha value is -4.04. The van der Waals surface area contributed by atoms with E-state index in [0.29, 0.717) is 27.8 Å². The molecule has 2 atom stereocenters. The molecule has 0 aliphatic carbocycles. The van der Waals surface area contributed by atoms with E-state index in [4.69, 9.17) is 25.8 Å². The normalized spacial score (nSPS) is 18.2. The Labute approximate surface area is 208 Å². The van der Waals surface area contributed by atoms with Crippen molar-refractivity contribution >= 4 is 29.6 Å². The van der Waals surface area contributed by atoms with E-state index < -0.39 is 12.1 Å². The number of nitrogens with one attached hydrogen (secondary N) is 2. The van der Waals surface area contributed by atoms with Crippen molar-refractivity contribution in [3.63, 3.8) is 0 Å². The number of hydrogen-bond acceptors (Lipinski definition) is 5. The van der Waals surface area contributed by atoms with Crippen molar-refractivity contribution in [2.24, 2.45) is 0 Å². The second kappa shape index (κ2) is 10.5. The highest BCUT2D eigenvalue weighted by Gasteiger charge is 2.47. The third-order valence-corrected chi connectivity index (χ3v) is 5.94. The smallest absolute Gasteiger partial charge is 0.304 e. The van der Waals surface area contributed by atoms with Gasteiger partial charge in [-0.25, -0.2) is 0 Å². The lowest BCUT2D eigenvalue weighted by Crippen LogP contribution is -2.42. The van der Waals surface area contributed by atoms with Crippen LogP contribution in [0.2, 0.25) is 5.02 Å². The summed E-state index contributed by atoms with van der Waals surface area (Å²) in [5, 5.41) is 3.39. The first-order valence-corrected chi connectivity index (χ1v) is 11.2. The summed E-state index contributed by atoms with van der Waals surface area (Å²) < 4.78 is 17.7. The zero-order chi connectivity index (χ0) is 24.9. The fraction of sp³-hybridized carbons (Fsp3) is 0.192. The van der Waals surface area contributed by atoms with Crippen LogP contribution in [0.25, 0.3) is 0 Å². The molecule has 0 radical (unpaired) electrons. The topological polar surface area (TPSA) is 88.9 Å². The Kier molecular flexibility index (Phi) is 7.22. The molecule has 4 rings (SSSR count). The van der Waals surface area contributed by atoms with Gasteiger partial charge in [0.25, 0.3) is 5.91 Å². The maximum absolute atomic E-state index is 13.0. The first-order valence-electron chi connectivity index (χ1n) is 10.8. The quantitative estimate of drug-likeness (QED) is 0.492. The van der Waals surface area contributed by atoms with Crippen molar-refractivity contribution in [2.45, 2.75) is 12.1 Å². The molecule has 1 saturated heterocycles. The minimum absolute atomic E-state index is 0.343. The van der Waals surface area contributed by atoms with Crippen LogP contribution in [0.5, 0.6) is 17.2 Å². The molecule has 2 N–H and O–H groups in total.